The minimum absolute atomic E-state index is 1.10. The summed E-state index contributed by atoms with van der Waals surface area (Å²) in [7, 11) is 0. The van der Waals surface area contributed by atoms with Crippen LogP contribution in [0.15, 0.2) is 237 Å². The molecule has 0 fully saturated rings. The van der Waals surface area contributed by atoms with Crippen molar-refractivity contribution in [2.24, 2.45) is 0 Å². The van der Waals surface area contributed by atoms with Gasteiger partial charge in [-0.1, -0.05) is 164 Å². The number of anilines is 3. The van der Waals surface area contributed by atoms with Crippen molar-refractivity contribution >= 4 is 102 Å². The molecule has 0 bridgehead atoms. The summed E-state index contributed by atoms with van der Waals surface area (Å²) in [4.78, 5) is 2.45. The maximum Gasteiger partial charge on any atom is 0.0468 e. The predicted octanol–water partition coefficient (Wildman–Crippen LogP) is 18.3. The molecule has 13 aromatic rings. The molecule has 0 saturated carbocycles. The molecule has 2 heteroatoms. The fourth-order valence-electron chi connectivity index (χ4n) is 10.0. The summed E-state index contributed by atoms with van der Waals surface area (Å²) in [5.74, 6) is 0. The van der Waals surface area contributed by atoms with Gasteiger partial charge in [-0.15, -0.1) is 11.3 Å². The normalized spacial score (nSPS) is 11.8. The summed E-state index contributed by atoms with van der Waals surface area (Å²) in [5, 5.41) is 15.1. The van der Waals surface area contributed by atoms with E-state index in [1.165, 1.54) is 107 Å². The van der Waals surface area contributed by atoms with Gasteiger partial charge in [-0.05, 0) is 160 Å². The van der Waals surface area contributed by atoms with Crippen molar-refractivity contribution < 1.29 is 0 Å². The third kappa shape index (κ3) is 6.14. The van der Waals surface area contributed by atoms with E-state index >= 15 is 0 Å². The maximum atomic E-state index is 2.45. The highest BCUT2D eigenvalue weighted by atomic mass is 32.1. The lowest BCUT2D eigenvalue weighted by atomic mass is 9.92. The van der Waals surface area contributed by atoms with E-state index in [4.69, 9.17) is 0 Å². The van der Waals surface area contributed by atoms with Crippen molar-refractivity contribution in [3.8, 4) is 33.4 Å². The Kier molecular flexibility index (Phi) is 8.47. The molecule has 0 N–H and O–H groups in total. The maximum absolute atomic E-state index is 2.45. The first-order valence-corrected chi connectivity index (χ1v) is 22.8. The number of hydrogen-bond donors (Lipinski definition) is 0. The molecule has 298 valence electrons. The fourth-order valence-corrected chi connectivity index (χ4v) is 11.1. The van der Waals surface area contributed by atoms with Crippen LogP contribution in [0.5, 0.6) is 0 Å². The molecule has 0 radical (unpaired) electrons. The quantitative estimate of drug-likeness (QED) is 0.151. The Morgan fingerprint density at radius 1 is 0.234 bits per heavy atom. The zero-order valence-corrected chi connectivity index (χ0v) is 35.7. The third-order valence-electron chi connectivity index (χ3n) is 13.1. The highest BCUT2D eigenvalue weighted by molar-refractivity contribution is 7.25. The highest BCUT2D eigenvalue weighted by Crippen LogP contribution is 2.45. The van der Waals surface area contributed by atoms with E-state index in [1.807, 2.05) is 11.3 Å². The van der Waals surface area contributed by atoms with E-state index in [1.54, 1.807) is 0 Å². The zero-order valence-electron chi connectivity index (χ0n) is 34.9. The van der Waals surface area contributed by atoms with Gasteiger partial charge in [-0.25, -0.2) is 0 Å². The average molecular weight is 830 g/mol. The zero-order chi connectivity index (χ0) is 42.1. The topological polar surface area (TPSA) is 3.24 Å². The van der Waals surface area contributed by atoms with Crippen molar-refractivity contribution in [2.75, 3.05) is 4.90 Å². The van der Waals surface area contributed by atoms with Gasteiger partial charge in [0.2, 0.25) is 0 Å². The van der Waals surface area contributed by atoms with E-state index in [-0.39, 0.29) is 0 Å². The molecule has 13 rings (SSSR count). The molecule has 0 atom stereocenters. The van der Waals surface area contributed by atoms with Crippen LogP contribution in [-0.4, -0.2) is 0 Å². The summed E-state index contributed by atoms with van der Waals surface area (Å²) >= 11 is 1.87. The monoisotopic (exact) mass is 829 g/mol. The number of fused-ring (bicyclic) bond motifs is 9. The van der Waals surface area contributed by atoms with E-state index in [9.17, 15) is 0 Å². The Hall–Kier alpha value is -8.04. The van der Waals surface area contributed by atoms with E-state index in [2.05, 4.69) is 241 Å². The van der Waals surface area contributed by atoms with Crippen LogP contribution in [0, 0.1) is 0 Å². The third-order valence-corrected chi connectivity index (χ3v) is 14.3. The van der Waals surface area contributed by atoms with E-state index < -0.39 is 0 Å². The first-order chi connectivity index (χ1) is 31.7. The van der Waals surface area contributed by atoms with Gasteiger partial charge in [0.05, 0.1) is 0 Å². The van der Waals surface area contributed by atoms with Crippen LogP contribution in [0.1, 0.15) is 0 Å². The minimum atomic E-state index is 1.10. The SMILES string of the molecule is c1ccc(-c2cc(N(c3ccc4cc(-c5cc6ccccc6c6ccccc56)ccc4c3)c3ccc4sc5cc6ccccc6cc5c4c3)ccc2-c2ccc3ccccc3c2)cc1. The molecule has 0 saturated heterocycles. The van der Waals surface area contributed by atoms with Gasteiger partial charge >= 0.3 is 0 Å². The van der Waals surface area contributed by atoms with Crippen LogP contribution < -0.4 is 4.90 Å². The van der Waals surface area contributed by atoms with Gasteiger partial charge in [0, 0.05) is 37.2 Å². The van der Waals surface area contributed by atoms with Gasteiger partial charge < -0.3 is 4.90 Å². The summed E-state index contributed by atoms with van der Waals surface area (Å²) in [6, 6.07) is 87.5. The summed E-state index contributed by atoms with van der Waals surface area (Å²) in [6.07, 6.45) is 0. The van der Waals surface area contributed by atoms with E-state index in [0.717, 1.165) is 17.1 Å². The number of rotatable bonds is 6. The summed E-state index contributed by atoms with van der Waals surface area (Å²) in [6.45, 7) is 0. The molecule has 1 heterocycles. The lowest BCUT2D eigenvalue weighted by Gasteiger charge is -2.27. The molecule has 0 aliphatic carbocycles. The summed E-state index contributed by atoms with van der Waals surface area (Å²) in [5.41, 5.74) is 10.6. The largest absolute Gasteiger partial charge is 0.310 e. The van der Waals surface area contributed by atoms with Crippen LogP contribution in [0.2, 0.25) is 0 Å². The molecule has 0 amide bonds. The smallest absolute Gasteiger partial charge is 0.0468 e. The molecule has 0 spiro atoms. The van der Waals surface area contributed by atoms with Crippen LogP contribution in [0.25, 0.3) is 107 Å². The second kappa shape index (κ2) is 14.8. The molecule has 64 heavy (non-hydrogen) atoms. The lowest BCUT2D eigenvalue weighted by molar-refractivity contribution is 1.30. The molecular formula is C62H39NS. The second-order valence-corrected chi connectivity index (χ2v) is 18.0. The van der Waals surface area contributed by atoms with Gasteiger partial charge in [0.15, 0.2) is 0 Å². The number of nitrogens with zero attached hydrogens (tertiary/aromatic N) is 1. The number of benzene rings is 12. The Labute approximate surface area is 375 Å². The lowest BCUT2D eigenvalue weighted by Crippen LogP contribution is -2.10. The van der Waals surface area contributed by atoms with Crippen LogP contribution in [0.4, 0.5) is 17.1 Å². The Bertz CT molecular complexity index is 3970. The molecule has 0 aliphatic heterocycles. The Morgan fingerprint density at radius 2 is 0.766 bits per heavy atom. The van der Waals surface area contributed by atoms with Crippen molar-refractivity contribution in [3.05, 3.63) is 237 Å². The second-order valence-electron chi connectivity index (χ2n) is 16.9. The predicted molar refractivity (Wildman–Crippen MR) is 278 cm³/mol. The number of thiophene rings is 1. The highest BCUT2D eigenvalue weighted by Gasteiger charge is 2.19. The molecule has 1 nitrogen and oxygen atoms in total. The Balaban J connectivity index is 1.00. The van der Waals surface area contributed by atoms with Gasteiger partial charge in [-0.3, -0.25) is 0 Å². The van der Waals surface area contributed by atoms with Gasteiger partial charge in [0.25, 0.3) is 0 Å². The van der Waals surface area contributed by atoms with Crippen molar-refractivity contribution in [1.82, 2.24) is 0 Å². The first-order valence-electron chi connectivity index (χ1n) is 22.0. The average Bonchev–Trinajstić information content (AvgIpc) is 3.72. The van der Waals surface area contributed by atoms with Gasteiger partial charge in [-0.2, -0.15) is 0 Å². The fraction of sp³-hybridized carbons (Fsp3) is 0. The standard InChI is InChI=1S/C62H39NS/c1-2-13-41(14-3-1)58-38-51(28-30-54(58)48-24-22-40-12-4-5-15-42(40)32-48)63(52-29-31-61-60(39-52)59-35-43-16-6-7-17-44(43)37-62(59)64-61)50-27-26-45-33-49(25-23-46(45)34-50)57-36-47-18-8-9-19-53(47)55-20-10-11-21-56(55)57/h1-39H. The molecule has 0 unspecified atom stereocenters. The number of hydrogen-bond acceptors (Lipinski definition) is 2. The first kappa shape index (κ1) is 36.6. The Morgan fingerprint density at radius 3 is 1.58 bits per heavy atom. The molecule has 1 aromatic heterocycles. The van der Waals surface area contributed by atoms with Gasteiger partial charge in [0.1, 0.15) is 0 Å². The summed E-state index contributed by atoms with van der Waals surface area (Å²) < 4.78 is 2.60. The van der Waals surface area contributed by atoms with Crippen molar-refractivity contribution in [3.63, 3.8) is 0 Å². The van der Waals surface area contributed by atoms with E-state index in [0.29, 0.717) is 0 Å². The van der Waals surface area contributed by atoms with Crippen molar-refractivity contribution in [2.45, 2.75) is 0 Å². The minimum Gasteiger partial charge on any atom is -0.310 e. The molecular weight excluding hydrogens is 791 g/mol. The van der Waals surface area contributed by atoms with Crippen molar-refractivity contribution in [1.29, 1.82) is 0 Å². The van der Waals surface area contributed by atoms with Crippen LogP contribution in [-0.2, 0) is 0 Å². The van der Waals surface area contributed by atoms with Crippen LogP contribution >= 0.6 is 11.3 Å². The molecule has 12 aromatic carbocycles. The van der Waals surface area contributed by atoms with Crippen LogP contribution in [0.3, 0.4) is 0 Å². The molecule has 0 aliphatic rings.